The van der Waals surface area contributed by atoms with Gasteiger partial charge >= 0.3 is 0 Å². The maximum absolute atomic E-state index is 11.9. The van der Waals surface area contributed by atoms with Crippen molar-refractivity contribution in [2.45, 2.75) is 32.6 Å². The van der Waals surface area contributed by atoms with E-state index in [0.29, 0.717) is 0 Å². The third-order valence-electron chi connectivity index (χ3n) is 2.22. The molecule has 0 aliphatic heterocycles. The first-order valence-electron chi connectivity index (χ1n) is 5.84. The molecular weight excluding hydrogens is 228 g/mol. The van der Waals surface area contributed by atoms with Crippen molar-refractivity contribution in [3.63, 3.8) is 0 Å². The van der Waals surface area contributed by atoms with E-state index >= 15 is 0 Å². The summed E-state index contributed by atoms with van der Waals surface area (Å²) in [6, 6.07) is 9.78. The minimum absolute atomic E-state index is 0.0422. The van der Waals surface area contributed by atoms with Gasteiger partial charge in [0, 0.05) is 10.8 Å². The average molecular weight is 248 g/mol. The smallest absolute Gasteiger partial charge is 0.200 e. The van der Waals surface area contributed by atoms with Crippen molar-refractivity contribution in [3.05, 3.63) is 42.5 Å². The van der Waals surface area contributed by atoms with Crippen LogP contribution in [0.25, 0.3) is 0 Å². The molecule has 1 rings (SSSR count). The number of hydrogen-bond donors (Lipinski definition) is 0. The van der Waals surface area contributed by atoms with Crippen LogP contribution in [0.5, 0.6) is 0 Å². The Morgan fingerprint density at radius 3 is 2.35 bits per heavy atom. The van der Waals surface area contributed by atoms with Crippen LogP contribution in [0.15, 0.2) is 47.4 Å². The highest BCUT2D eigenvalue weighted by atomic mass is 32.2. The van der Waals surface area contributed by atoms with Crippen molar-refractivity contribution in [1.82, 2.24) is 0 Å². The van der Waals surface area contributed by atoms with Gasteiger partial charge in [0.1, 0.15) is 0 Å². The standard InChI is InChI=1S/C15H20OS/c1-12(10-11-15(2,3)4)14(16)17-13-8-6-5-7-9-13/h5-12H,1-4H3/b11-10+. The van der Waals surface area contributed by atoms with Gasteiger partial charge in [0.05, 0.1) is 0 Å². The average Bonchev–Trinajstić information content (AvgIpc) is 2.26. The second kappa shape index (κ2) is 6.06. The molecule has 0 aliphatic carbocycles. The molecule has 17 heavy (non-hydrogen) atoms. The van der Waals surface area contributed by atoms with E-state index in [-0.39, 0.29) is 16.4 Å². The van der Waals surface area contributed by atoms with Crippen molar-refractivity contribution in [2.24, 2.45) is 11.3 Å². The Balaban J connectivity index is 2.57. The molecule has 1 aromatic carbocycles. The molecule has 0 bridgehead atoms. The zero-order chi connectivity index (χ0) is 12.9. The van der Waals surface area contributed by atoms with E-state index in [1.165, 1.54) is 11.8 Å². The van der Waals surface area contributed by atoms with Gasteiger partial charge in [-0.05, 0) is 17.5 Å². The first kappa shape index (κ1) is 14.0. The topological polar surface area (TPSA) is 17.1 Å². The molecule has 0 saturated heterocycles. The first-order valence-corrected chi connectivity index (χ1v) is 6.66. The Morgan fingerprint density at radius 2 is 1.82 bits per heavy atom. The molecule has 0 aromatic heterocycles. The molecule has 0 saturated carbocycles. The Morgan fingerprint density at radius 1 is 1.24 bits per heavy atom. The summed E-state index contributed by atoms with van der Waals surface area (Å²) in [4.78, 5) is 12.9. The fourth-order valence-corrected chi connectivity index (χ4v) is 2.00. The fourth-order valence-electron chi connectivity index (χ4n) is 1.21. The summed E-state index contributed by atoms with van der Waals surface area (Å²) < 4.78 is 0. The molecule has 0 amide bonds. The molecule has 1 atom stereocenters. The van der Waals surface area contributed by atoms with E-state index in [1.807, 2.05) is 43.3 Å². The van der Waals surface area contributed by atoms with Crippen LogP contribution in [-0.4, -0.2) is 5.12 Å². The van der Waals surface area contributed by atoms with Crippen LogP contribution in [0.4, 0.5) is 0 Å². The lowest BCUT2D eigenvalue weighted by molar-refractivity contribution is -0.112. The lowest BCUT2D eigenvalue weighted by Gasteiger charge is -2.13. The number of benzene rings is 1. The lowest BCUT2D eigenvalue weighted by Crippen LogP contribution is -2.06. The summed E-state index contributed by atoms with van der Waals surface area (Å²) in [6.45, 7) is 8.33. The monoisotopic (exact) mass is 248 g/mol. The highest BCUT2D eigenvalue weighted by Crippen LogP contribution is 2.24. The van der Waals surface area contributed by atoms with Crippen LogP contribution >= 0.6 is 11.8 Å². The summed E-state index contributed by atoms with van der Waals surface area (Å²) in [7, 11) is 0. The molecule has 0 fully saturated rings. The Bertz CT molecular complexity index is 387. The van der Waals surface area contributed by atoms with Gasteiger partial charge in [-0.25, -0.2) is 0 Å². The third kappa shape index (κ3) is 5.73. The second-order valence-electron chi connectivity index (χ2n) is 5.25. The number of thioether (sulfide) groups is 1. The van der Waals surface area contributed by atoms with Gasteiger partial charge in [-0.1, -0.05) is 69.8 Å². The van der Waals surface area contributed by atoms with Gasteiger partial charge in [0.25, 0.3) is 0 Å². The first-order chi connectivity index (χ1) is 7.88. The maximum Gasteiger partial charge on any atom is 0.200 e. The summed E-state index contributed by atoms with van der Waals surface area (Å²) >= 11 is 1.31. The minimum Gasteiger partial charge on any atom is -0.286 e. The summed E-state index contributed by atoms with van der Waals surface area (Å²) in [6.07, 6.45) is 4.10. The number of allylic oxidation sites excluding steroid dienone is 2. The van der Waals surface area contributed by atoms with E-state index in [0.717, 1.165) is 4.90 Å². The normalized spacial score (nSPS) is 13.9. The van der Waals surface area contributed by atoms with Gasteiger partial charge in [0.2, 0.25) is 0 Å². The van der Waals surface area contributed by atoms with Gasteiger partial charge in [-0.2, -0.15) is 0 Å². The van der Waals surface area contributed by atoms with Crippen molar-refractivity contribution in [3.8, 4) is 0 Å². The molecule has 0 radical (unpaired) electrons. The van der Waals surface area contributed by atoms with Gasteiger partial charge < -0.3 is 0 Å². The van der Waals surface area contributed by atoms with E-state index in [9.17, 15) is 4.79 Å². The van der Waals surface area contributed by atoms with Gasteiger partial charge in [-0.15, -0.1) is 0 Å². The van der Waals surface area contributed by atoms with Gasteiger partial charge in [0.15, 0.2) is 5.12 Å². The van der Waals surface area contributed by atoms with Crippen LogP contribution in [0.1, 0.15) is 27.7 Å². The molecule has 92 valence electrons. The summed E-state index contributed by atoms with van der Waals surface area (Å²) in [5, 5.41) is 0.191. The Labute approximate surface area is 108 Å². The molecule has 0 heterocycles. The SMILES string of the molecule is CC(/C=C/C(C)(C)C)C(=O)Sc1ccccc1. The van der Waals surface area contributed by atoms with E-state index < -0.39 is 0 Å². The van der Waals surface area contributed by atoms with Crippen molar-refractivity contribution in [1.29, 1.82) is 0 Å². The molecule has 0 aliphatic rings. The number of carbonyl (C=O) groups is 1. The highest BCUT2D eigenvalue weighted by Gasteiger charge is 2.13. The highest BCUT2D eigenvalue weighted by molar-refractivity contribution is 8.13. The van der Waals surface area contributed by atoms with E-state index in [4.69, 9.17) is 0 Å². The molecule has 2 heteroatoms. The predicted octanol–water partition coefficient (Wildman–Crippen LogP) is 4.54. The maximum atomic E-state index is 11.9. The molecule has 0 N–H and O–H groups in total. The molecule has 1 unspecified atom stereocenters. The largest absolute Gasteiger partial charge is 0.286 e. The minimum atomic E-state index is -0.0422. The quantitative estimate of drug-likeness (QED) is 0.577. The van der Waals surface area contributed by atoms with E-state index in [2.05, 4.69) is 26.8 Å². The summed E-state index contributed by atoms with van der Waals surface area (Å²) in [5.41, 5.74) is 0.131. The van der Waals surface area contributed by atoms with Crippen LogP contribution in [0.3, 0.4) is 0 Å². The Kier molecular flexibility index (Phi) is 5.01. The van der Waals surface area contributed by atoms with Crippen LogP contribution in [0.2, 0.25) is 0 Å². The molecule has 0 spiro atoms. The zero-order valence-electron chi connectivity index (χ0n) is 10.9. The Hall–Kier alpha value is -1.02. The second-order valence-corrected chi connectivity index (χ2v) is 6.33. The fraction of sp³-hybridized carbons (Fsp3) is 0.400. The lowest BCUT2D eigenvalue weighted by atomic mass is 9.95. The van der Waals surface area contributed by atoms with Crippen molar-refractivity contribution in [2.75, 3.05) is 0 Å². The van der Waals surface area contributed by atoms with Crippen LogP contribution in [0, 0.1) is 11.3 Å². The number of carbonyl (C=O) groups excluding carboxylic acids is 1. The molecule has 1 nitrogen and oxygen atoms in total. The molecule has 1 aromatic rings. The third-order valence-corrected chi connectivity index (χ3v) is 3.30. The van der Waals surface area contributed by atoms with Crippen molar-refractivity contribution >= 4 is 16.9 Å². The summed E-state index contributed by atoms with van der Waals surface area (Å²) in [5.74, 6) is -0.0422. The van der Waals surface area contributed by atoms with Crippen molar-refractivity contribution < 1.29 is 4.79 Å². The number of rotatable bonds is 3. The zero-order valence-corrected chi connectivity index (χ0v) is 11.8. The number of hydrogen-bond acceptors (Lipinski definition) is 2. The van der Waals surface area contributed by atoms with E-state index in [1.54, 1.807) is 0 Å². The van der Waals surface area contributed by atoms with Crippen LogP contribution in [-0.2, 0) is 4.79 Å². The van der Waals surface area contributed by atoms with Crippen LogP contribution < -0.4 is 0 Å². The molecular formula is C15H20OS. The van der Waals surface area contributed by atoms with Gasteiger partial charge in [-0.3, -0.25) is 4.79 Å². The predicted molar refractivity (Wildman–Crippen MR) is 75.1 cm³/mol.